The smallest absolute Gasteiger partial charge is 0.262 e. The van der Waals surface area contributed by atoms with Crippen LogP contribution in [0.15, 0.2) is 64.2 Å². The van der Waals surface area contributed by atoms with Crippen molar-refractivity contribution in [1.82, 2.24) is 10.7 Å². The van der Waals surface area contributed by atoms with E-state index >= 15 is 0 Å². The first-order chi connectivity index (χ1) is 19.3. The maximum Gasteiger partial charge on any atom is 0.262 e. The summed E-state index contributed by atoms with van der Waals surface area (Å²) >= 11 is 3.50. The van der Waals surface area contributed by atoms with Gasteiger partial charge in [0, 0.05) is 11.1 Å². The molecule has 0 radical (unpaired) electrons. The van der Waals surface area contributed by atoms with Crippen LogP contribution in [0.5, 0.6) is 23.0 Å². The van der Waals surface area contributed by atoms with E-state index in [0.717, 1.165) is 5.56 Å². The molecular formula is C29H27BrN4O6. The van der Waals surface area contributed by atoms with Crippen molar-refractivity contribution in [3.05, 3.63) is 81.3 Å². The molecule has 1 aliphatic heterocycles. The molecule has 3 aromatic carbocycles. The molecule has 0 aliphatic carbocycles. The van der Waals surface area contributed by atoms with Crippen molar-refractivity contribution < 1.29 is 28.5 Å². The molecule has 0 spiro atoms. The molecule has 0 aromatic heterocycles. The van der Waals surface area contributed by atoms with Crippen molar-refractivity contribution >= 4 is 34.0 Å². The molecule has 1 unspecified atom stereocenters. The van der Waals surface area contributed by atoms with Gasteiger partial charge in [-0.25, -0.2) is 5.43 Å². The minimum absolute atomic E-state index is 0.102. The number of ether oxygens (including phenoxy) is 4. The van der Waals surface area contributed by atoms with Gasteiger partial charge in [0.2, 0.25) is 6.79 Å². The number of nitrogens with zero attached hydrogens (tertiary/aromatic N) is 2. The van der Waals surface area contributed by atoms with E-state index in [4.69, 9.17) is 18.9 Å². The second kappa shape index (κ2) is 13.0. The van der Waals surface area contributed by atoms with Crippen LogP contribution >= 0.6 is 15.9 Å². The molecule has 11 heteroatoms. The second-order valence-electron chi connectivity index (χ2n) is 9.09. The minimum atomic E-state index is -0.830. The molecule has 40 heavy (non-hydrogen) atoms. The van der Waals surface area contributed by atoms with Crippen LogP contribution in [0.1, 0.15) is 40.9 Å². The predicted octanol–water partition coefficient (Wildman–Crippen LogP) is 4.54. The fourth-order valence-corrected chi connectivity index (χ4v) is 4.47. The molecule has 10 nitrogen and oxygen atoms in total. The highest BCUT2D eigenvalue weighted by molar-refractivity contribution is 9.10. The largest absolute Gasteiger partial charge is 0.493 e. The van der Waals surface area contributed by atoms with Gasteiger partial charge in [-0.3, -0.25) is 9.59 Å². The summed E-state index contributed by atoms with van der Waals surface area (Å²) in [5.74, 6) is 0.851. The van der Waals surface area contributed by atoms with Gasteiger partial charge in [-0.1, -0.05) is 32.0 Å². The van der Waals surface area contributed by atoms with Gasteiger partial charge in [0.05, 0.1) is 29.4 Å². The number of halogens is 1. The van der Waals surface area contributed by atoms with E-state index in [-0.39, 0.29) is 19.3 Å². The molecule has 4 rings (SSSR count). The van der Waals surface area contributed by atoms with Gasteiger partial charge in [0.15, 0.2) is 23.0 Å². The maximum atomic E-state index is 12.9. The Hall–Kier alpha value is -4.56. The Morgan fingerprint density at radius 3 is 2.67 bits per heavy atom. The number of carbonyl (C=O) groups excluding carboxylic acids is 2. The van der Waals surface area contributed by atoms with Crippen LogP contribution in [0.3, 0.4) is 0 Å². The highest BCUT2D eigenvalue weighted by atomic mass is 79.9. The van der Waals surface area contributed by atoms with Gasteiger partial charge in [-0.05, 0) is 63.8 Å². The normalized spacial score (nSPS) is 12.6. The summed E-state index contributed by atoms with van der Waals surface area (Å²) in [5.41, 5.74) is 4.75. The third-order valence-electron chi connectivity index (χ3n) is 6.02. The maximum absolute atomic E-state index is 12.9. The summed E-state index contributed by atoms with van der Waals surface area (Å²) in [5, 5.41) is 16.1. The summed E-state index contributed by atoms with van der Waals surface area (Å²) in [4.78, 5) is 25.7. The molecule has 0 saturated carbocycles. The predicted molar refractivity (Wildman–Crippen MR) is 151 cm³/mol. The lowest BCUT2D eigenvalue weighted by atomic mass is 10.0. The SMILES string of the molecule is COc1cc(/C=N/NC(=O)C(NC(=O)c2ccc3c(c2)OCO3)C(C)C)cc(Br)c1OCc1ccccc1C#N. The summed E-state index contributed by atoms with van der Waals surface area (Å²) in [6, 6.07) is 16.8. The van der Waals surface area contributed by atoms with Gasteiger partial charge < -0.3 is 24.3 Å². The summed E-state index contributed by atoms with van der Waals surface area (Å²) in [6.07, 6.45) is 1.46. The van der Waals surface area contributed by atoms with Crippen LogP contribution in [0.2, 0.25) is 0 Å². The number of nitrogens with one attached hydrogen (secondary N) is 2. The summed E-state index contributed by atoms with van der Waals surface area (Å²) in [7, 11) is 1.51. The van der Waals surface area contributed by atoms with Crippen LogP contribution < -0.4 is 29.7 Å². The van der Waals surface area contributed by atoms with E-state index in [9.17, 15) is 14.9 Å². The van der Waals surface area contributed by atoms with E-state index in [0.29, 0.717) is 44.2 Å². The van der Waals surface area contributed by atoms with E-state index in [2.05, 4.69) is 37.8 Å². The van der Waals surface area contributed by atoms with Crippen molar-refractivity contribution in [3.63, 3.8) is 0 Å². The van der Waals surface area contributed by atoms with Crippen LogP contribution in [0.25, 0.3) is 0 Å². The Kier molecular flexibility index (Phi) is 9.24. The second-order valence-corrected chi connectivity index (χ2v) is 9.94. The van der Waals surface area contributed by atoms with Crippen molar-refractivity contribution in [1.29, 1.82) is 5.26 Å². The van der Waals surface area contributed by atoms with Crippen molar-refractivity contribution in [2.24, 2.45) is 11.0 Å². The van der Waals surface area contributed by atoms with E-state index < -0.39 is 17.9 Å². The number of carbonyl (C=O) groups is 2. The zero-order chi connectivity index (χ0) is 28.6. The van der Waals surface area contributed by atoms with Gasteiger partial charge in [-0.15, -0.1) is 0 Å². The van der Waals surface area contributed by atoms with Gasteiger partial charge in [-0.2, -0.15) is 10.4 Å². The molecule has 2 amide bonds. The molecule has 3 aromatic rings. The molecule has 206 valence electrons. The van der Waals surface area contributed by atoms with E-state index in [1.54, 1.807) is 42.5 Å². The van der Waals surface area contributed by atoms with Crippen molar-refractivity contribution in [2.75, 3.05) is 13.9 Å². The monoisotopic (exact) mass is 606 g/mol. The van der Waals surface area contributed by atoms with Crippen LogP contribution in [0, 0.1) is 17.2 Å². The van der Waals surface area contributed by atoms with Gasteiger partial charge >= 0.3 is 0 Å². The van der Waals surface area contributed by atoms with E-state index in [1.807, 2.05) is 26.0 Å². The lowest BCUT2D eigenvalue weighted by Gasteiger charge is -2.20. The Labute approximate surface area is 240 Å². The highest BCUT2D eigenvalue weighted by Crippen LogP contribution is 2.37. The number of rotatable bonds is 10. The zero-order valence-corrected chi connectivity index (χ0v) is 23.7. The topological polar surface area (TPSA) is 131 Å². The average Bonchev–Trinajstić information content (AvgIpc) is 3.43. The molecule has 1 heterocycles. The molecule has 0 bridgehead atoms. The van der Waals surface area contributed by atoms with Gasteiger partial charge in [0.1, 0.15) is 12.6 Å². The summed E-state index contributed by atoms with van der Waals surface area (Å²) < 4.78 is 22.6. The lowest BCUT2D eigenvalue weighted by Crippen LogP contribution is -2.48. The Bertz CT molecular complexity index is 1480. The highest BCUT2D eigenvalue weighted by Gasteiger charge is 2.25. The van der Waals surface area contributed by atoms with Crippen LogP contribution in [0.4, 0.5) is 0 Å². The third kappa shape index (κ3) is 6.71. The van der Waals surface area contributed by atoms with Crippen molar-refractivity contribution in [2.45, 2.75) is 26.5 Å². The Morgan fingerprint density at radius 2 is 1.93 bits per heavy atom. The molecule has 2 N–H and O–H groups in total. The van der Waals surface area contributed by atoms with Gasteiger partial charge in [0.25, 0.3) is 11.8 Å². The fraction of sp³-hybridized carbons (Fsp3) is 0.241. The number of hydrogen-bond acceptors (Lipinski definition) is 8. The number of fused-ring (bicyclic) bond motifs is 1. The number of hydrazone groups is 1. The Balaban J connectivity index is 1.40. The number of methoxy groups -OCH3 is 1. The van der Waals surface area contributed by atoms with E-state index in [1.165, 1.54) is 13.3 Å². The number of amides is 2. The van der Waals surface area contributed by atoms with Crippen LogP contribution in [-0.2, 0) is 11.4 Å². The average molecular weight is 607 g/mol. The first kappa shape index (κ1) is 28.4. The van der Waals surface area contributed by atoms with Crippen molar-refractivity contribution in [3.8, 4) is 29.1 Å². The molecular weight excluding hydrogens is 580 g/mol. The first-order valence-corrected chi connectivity index (χ1v) is 13.1. The molecule has 1 aliphatic rings. The lowest BCUT2D eigenvalue weighted by molar-refractivity contribution is -0.123. The minimum Gasteiger partial charge on any atom is -0.493 e. The zero-order valence-electron chi connectivity index (χ0n) is 22.1. The quantitative estimate of drug-likeness (QED) is 0.256. The summed E-state index contributed by atoms with van der Waals surface area (Å²) in [6.45, 7) is 3.93. The Morgan fingerprint density at radius 1 is 1.15 bits per heavy atom. The number of hydrogen-bond donors (Lipinski definition) is 2. The number of nitriles is 1. The first-order valence-electron chi connectivity index (χ1n) is 12.3. The molecule has 0 saturated heterocycles. The number of benzene rings is 3. The molecule has 1 atom stereocenters. The standard InChI is InChI=1S/C29H27BrN4O6/c1-17(2)26(33-28(35)19-8-9-23-24(12-19)40-16-39-23)29(36)34-32-14-18-10-22(30)27(25(11-18)37-3)38-15-21-7-5-4-6-20(21)13-31/h4-12,14,17,26H,15-16H2,1-3H3,(H,33,35)(H,34,36)/b32-14+. The third-order valence-corrected chi connectivity index (χ3v) is 6.61. The van der Waals surface area contributed by atoms with Crippen LogP contribution in [-0.4, -0.2) is 38.0 Å². The fourth-order valence-electron chi connectivity index (χ4n) is 3.90. The molecule has 0 fully saturated rings.